The van der Waals surface area contributed by atoms with E-state index in [1.54, 1.807) is 6.08 Å². The Morgan fingerprint density at radius 1 is 0.507 bits per heavy atom. The second-order valence-electron chi connectivity index (χ2n) is 22.5. The average molecular weight is 1060 g/mol. The summed E-state index contributed by atoms with van der Waals surface area (Å²) in [7, 11) is 0. The highest BCUT2D eigenvalue weighted by atomic mass is 16.7. The molecule has 0 aromatic heterocycles. The van der Waals surface area contributed by atoms with Gasteiger partial charge in [-0.2, -0.15) is 0 Å². The van der Waals surface area contributed by atoms with Gasteiger partial charge in [-0.05, 0) is 44.9 Å². The Kier molecular flexibility index (Phi) is 50.1. The molecule has 0 aromatic rings. The Morgan fingerprint density at radius 2 is 0.893 bits per heavy atom. The standard InChI is InChI=1S/C64H121NO10/c1-4-7-10-13-16-19-22-24-25-26-27-28-29-30-31-32-33-35-37-40-43-46-49-52-59(69)75-62-61(71)60(70)58(53-66)74-64(62)73-54-55(56(67)50-47-44-41-39-36-34-23-20-17-14-11-8-5-2)65-63(72)57(68)51-48-45-42-38-21-18-15-12-9-6-3/h15,18,47,50,55-58,60-62,64,66-68,70-71H,4-14,16-17,19-46,48-49,51-54H2,1-3H3,(H,65,72)/b18-15-,50-47+. The lowest BCUT2D eigenvalue weighted by Gasteiger charge is -2.41. The SMILES string of the molecule is CCCC/C=C\CCCCCCC(O)C(=O)NC(COC1OC(CO)C(O)C(O)C1OC(=O)CCCCCCCCCCCCCCCCCCCCCCCCC)C(O)/C=C/CCCCCCCCCCCCC. The van der Waals surface area contributed by atoms with Gasteiger partial charge in [0.25, 0.3) is 0 Å². The molecular formula is C64H121NO10. The van der Waals surface area contributed by atoms with Crippen LogP contribution in [0.3, 0.4) is 0 Å². The number of carbonyl (C=O) groups excluding carboxylic acids is 2. The number of ether oxygens (including phenoxy) is 3. The first-order chi connectivity index (χ1) is 36.7. The van der Waals surface area contributed by atoms with Crippen molar-refractivity contribution in [3.8, 4) is 0 Å². The third-order valence-electron chi connectivity index (χ3n) is 15.4. The Balaban J connectivity index is 2.58. The molecule has 8 atom stereocenters. The normalized spacial score (nSPS) is 19.3. The van der Waals surface area contributed by atoms with E-state index in [1.807, 2.05) is 6.08 Å². The minimum atomic E-state index is -1.61. The van der Waals surface area contributed by atoms with Gasteiger partial charge in [0.15, 0.2) is 12.4 Å². The van der Waals surface area contributed by atoms with Crippen LogP contribution in [0.5, 0.6) is 0 Å². The first-order valence-electron chi connectivity index (χ1n) is 32.1. The number of rotatable bonds is 55. The minimum absolute atomic E-state index is 0.129. The van der Waals surface area contributed by atoms with Gasteiger partial charge in [-0.3, -0.25) is 9.59 Å². The van der Waals surface area contributed by atoms with Crippen molar-refractivity contribution in [1.82, 2.24) is 5.32 Å². The summed E-state index contributed by atoms with van der Waals surface area (Å²) < 4.78 is 17.6. The first-order valence-corrected chi connectivity index (χ1v) is 32.1. The molecule has 1 aliphatic rings. The second kappa shape index (κ2) is 52.8. The number of nitrogens with one attached hydrogen (secondary N) is 1. The highest BCUT2D eigenvalue weighted by Gasteiger charge is 2.47. The lowest BCUT2D eigenvalue weighted by atomic mass is 9.99. The Bertz CT molecular complexity index is 1310. The highest BCUT2D eigenvalue weighted by Crippen LogP contribution is 2.26. The number of hydrogen-bond donors (Lipinski definition) is 6. The van der Waals surface area contributed by atoms with Crippen molar-refractivity contribution < 1.29 is 49.3 Å². The topological polar surface area (TPSA) is 175 Å². The number of aliphatic hydroxyl groups is 5. The monoisotopic (exact) mass is 1060 g/mol. The molecule has 442 valence electrons. The van der Waals surface area contributed by atoms with Gasteiger partial charge in [-0.15, -0.1) is 0 Å². The summed E-state index contributed by atoms with van der Waals surface area (Å²) in [6, 6.07) is -1.02. The van der Waals surface area contributed by atoms with E-state index in [-0.39, 0.29) is 19.4 Å². The van der Waals surface area contributed by atoms with Gasteiger partial charge in [-0.1, -0.05) is 283 Å². The van der Waals surface area contributed by atoms with Gasteiger partial charge in [0.1, 0.15) is 24.4 Å². The molecule has 0 aliphatic carbocycles. The zero-order valence-corrected chi connectivity index (χ0v) is 48.9. The predicted octanol–water partition coefficient (Wildman–Crippen LogP) is 15.3. The van der Waals surface area contributed by atoms with Gasteiger partial charge in [0.05, 0.1) is 25.4 Å². The van der Waals surface area contributed by atoms with Crippen LogP contribution in [0.25, 0.3) is 0 Å². The molecule has 11 nitrogen and oxygen atoms in total. The predicted molar refractivity (Wildman–Crippen MR) is 311 cm³/mol. The Morgan fingerprint density at radius 3 is 1.33 bits per heavy atom. The van der Waals surface area contributed by atoms with Crippen molar-refractivity contribution >= 4 is 11.9 Å². The molecule has 0 spiro atoms. The fourth-order valence-electron chi connectivity index (χ4n) is 10.2. The Hall–Kier alpha value is -1.86. The number of hydrogen-bond acceptors (Lipinski definition) is 10. The van der Waals surface area contributed by atoms with Crippen LogP contribution in [0.15, 0.2) is 24.3 Å². The van der Waals surface area contributed by atoms with E-state index < -0.39 is 67.4 Å². The molecular weight excluding hydrogens is 943 g/mol. The first kappa shape index (κ1) is 71.2. The summed E-state index contributed by atoms with van der Waals surface area (Å²) in [5, 5.41) is 56.9. The summed E-state index contributed by atoms with van der Waals surface area (Å²) in [5.74, 6) is -1.19. The van der Waals surface area contributed by atoms with Gasteiger partial charge in [-0.25, -0.2) is 0 Å². The van der Waals surface area contributed by atoms with E-state index >= 15 is 0 Å². The molecule has 1 amide bonds. The number of carbonyl (C=O) groups is 2. The molecule has 1 saturated heterocycles. The van der Waals surface area contributed by atoms with Crippen molar-refractivity contribution in [3.63, 3.8) is 0 Å². The number of esters is 1. The van der Waals surface area contributed by atoms with Crippen molar-refractivity contribution in [2.45, 2.75) is 359 Å². The van der Waals surface area contributed by atoms with Crippen molar-refractivity contribution in [3.05, 3.63) is 24.3 Å². The summed E-state index contributed by atoms with van der Waals surface area (Å²) in [4.78, 5) is 26.5. The van der Waals surface area contributed by atoms with Crippen LogP contribution in [-0.2, 0) is 23.8 Å². The molecule has 0 radical (unpaired) electrons. The third-order valence-corrected chi connectivity index (χ3v) is 15.4. The van der Waals surface area contributed by atoms with Gasteiger partial charge >= 0.3 is 5.97 Å². The van der Waals surface area contributed by atoms with Crippen LogP contribution in [0.1, 0.15) is 310 Å². The summed E-state index contributed by atoms with van der Waals surface area (Å²) in [6.07, 6.45) is 50.9. The molecule has 0 saturated carbocycles. The third kappa shape index (κ3) is 40.9. The fourth-order valence-corrected chi connectivity index (χ4v) is 10.2. The largest absolute Gasteiger partial charge is 0.454 e. The van der Waals surface area contributed by atoms with Crippen LogP contribution in [-0.4, -0.2) is 99.6 Å². The number of unbranched alkanes of at least 4 members (excludes halogenated alkanes) is 39. The molecule has 11 heteroatoms. The van der Waals surface area contributed by atoms with Crippen LogP contribution in [0, 0.1) is 0 Å². The molecule has 1 aliphatic heterocycles. The zero-order chi connectivity index (χ0) is 54.7. The maximum absolute atomic E-state index is 13.4. The zero-order valence-electron chi connectivity index (χ0n) is 48.9. The molecule has 0 aromatic carbocycles. The fraction of sp³-hybridized carbons (Fsp3) is 0.906. The quantitative estimate of drug-likeness (QED) is 0.0195. The van der Waals surface area contributed by atoms with Crippen molar-refractivity contribution in [2.75, 3.05) is 13.2 Å². The lowest BCUT2D eigenvalue weighted by molar-refractivity contribution is -0.305. The van der Waals surface area contributed by atoms with Gasteiger partial charge < -0.3 is 45.1 Å². The average Bonchev–Trinajstić information content (AvgIpc) is 3.41. The van der Waals surface area contributed by atoms with Crippen LogP contribution < -0.4 is 5.32 Å². The van der Waals surface area contributed by atoms with Crippen LogP contribution in [0.4, 0.5) is 0 Å². The molecule has 1 rings (SSSR count). The van der Waals surface area contributed by atoms with Crippen LogP contribution in [0.2, 0.25) is 0 Å². The van der Waals surface area contributed by atoms with Crippen molar-refractivity contribution in [2.24, 2.45) is 0 Å². The number of aliphatic hydroxyl groups excluding tert-OH is 5. The smallest absolute Gasteiger partial charge is 0.306 e. The maximum atomic E-state index is 13.4. The van der Waals surface area contributed by atoms with E-state index in [0.717, 1.165) is 70.6 Å². The molecule has 1 fully saturated rings. The van der Waals surface area contributed by atoms with Crippen molar-refractivity contribution in [1.29, 1.82) is 0 Å². The molecule has 6 N–H and O–H groups in total. The van der Waals surface area contributed by atoms with Gasteiger partial charge in [0.2, 0.25) is 5.91 Å². The maximum Gasteiger partial charge on any atom is 0.306 e. The summed E-state index contributed by atoms with van der Waals surface area (Å²) in [6.45, 7) is 5.77. The molecule has 8 unspecified atom stereocenters. The van der Waals surface area contributed by atoms with E-state index in [0.29, 0.717) is 12.8 Å². The Labute approximate surface area is 461 Å². The number of amides is 1. The van der Waals surface area contributed by atoms with Crippen LogP contribution >= 0.6 is 0 Å². The summed E-state index contributed by atoms with van der Waals surface area (Å²) in [5.41, 5.74) is 0. The molecule has 1 heterocycles. The minimum Gasteiger partial charge on any atom is -0.454 e. The van der Waals surface area contributed by atoms with Gasteiger partial charge in [0, 0.05) is 6.42 Å². The van der Waals surface area contributed by atoms with E-state index in [1.165, 1.54) is 193 Å². The van der Waals surface area contributed by atoms with E-state index in [9.17, 15) is 35.1 Å². The van der Waals surface area contributed by atoms with E-state index in [4.69, 9.17) is 14.2 Å². The lowest BCUT2D eigenvalue weighted by Crippen LogP contribution is -2.61. The summed E-state index contributed by atoms with van der Waals surface area (Å²) >= 11 is 0. The second-order valence-corrected chi connectivity index (χ2v) is 22.5. The molecule has 0 bridgehead atoms. The highest BCUT2D eigenvalue weighted by molar-refractivity contribution is 5.80. The molecule has 75 heavy (non-hydrogen) atoms. The number of allylic oxidation sites excluding steroid dienone is 3. The van der Waals surface area contributed by atoms with E-state index in [2.05, 4.69) is 38.2 Å².